The molecule has 0 atom stereocenters. The molecule has 0 aromatic rings. The summed E-state index contributed by atoms with van der Waals surface area (Å²) < 4.78 is 4.32. The first-order valence-corrected chi connectivity index (χ1v) is 3.24. The second-order valence-corrected chi connectivity index (χ2v) is 1.94. The normalized spacial score (nSPS) is 10.1. The fourth-order valence-electron chi connectivity index (χ4n) is 0.727. The third-order valence-corrected chi connectivity index (χ3v) is 1.26. The molecule has 0 aromatic carbocycles. The van der Waals surface area contributed by atoms with Crippen molar-refractivity contribution in [1.29, 1.82) is 0 Å². The van der Waals surface area contributed by atoms with Crippen LogP contribution < -0.4 is 69.3 Å². The van der Waals surface area contributed by atoms with E-state index in [4.69, 9.17) is 0 Å². The molecule has 0 rings (SSSR count). The van der Waals surface area contributed by atoms with Crippen molar-refractivity contribution in [3.63, 3.8) is 0 Å². The molecule has 0 aliphatic rings. The molecule has 0 aliphatic heterocycles. The number of rotatable bonds is 4. The van der Waals surface area contributed by atoms with Gasteiger partial charge in [-0.25, -0.2) is 0 Å². The molecule has 5 nitrogen and oxygen atoms in total. The Kier molecular flexibility index (Phi) is 14.3. The van der Waals surface area contributed by atoms with E-state index in [1.165, 1.54) is 6.92 Å². The third-order valence-electron chi connectivity index (χ3n) is 1.26. The number of carbonyl (C=O) groups is 2. The third kappa shape index (κ3) is 6.06. The summed E-state index contributed by atoms with van der Waals surface area (Å²) in [7, 11) is 1.06. The SMILES string of the molecule is CC/C(C(=O)[O-])=C(\OC)C(=O)[O-].[Na+].[Na+]. The Balaban J connectivity index is -0.000000605. The van der Waals surface area contributed by atoms with Gasteiger partial charge in [-0.2, -0.15) is 0 Å². The van der Waals surface area contributed by atoms with Crippen LogP contribution in [0.5, 0.6) is 0 Å². The first kappa shape index (κ1) is 20.0. The van der Waals surface area contributed by atoms with E-state index < -0.39 is 23.3 Å². The fraction of sp³-hybridized carbons (Fsp3) is 0.429. The minimum Gasteiger partial charge on any atom is -0.545 e. The molecule has 0 heterocycles. The largest absolute Gasteiger partial charge is 1.00 e. The number of methoxy groups -OCH3 is 1. The second kappa shape index (κ2) is 10.0. The topological polar surface area (TPSA) is 89.5 Å². The summed E-state index contributed by atoms with van der Waals surface area (Å²) in [5, 5.41) is 20.5. The molecule has 14 heavy (non-hydrogen) atoms. The molecular weight excluding hydrogens is 210 g/mol. The Morgan fingerprint density at radius 3 is 1.64 bits per heavy atom. The van der Waals surface area contributed by atoms with Crippen LogP contribution in [0.25, 0.3) is 0 Å². The van der Waals surface area contributed by atoms with Crippen LogP contribution in [0.15, 0.2) is 11.3 Å². The standard InChI is InChI=1S/C7H10O5.2Na/c1-3-4(6(8)9)5(12-2)7(10)11;;/h3H2,1-2H3,(H,8,9)(H,10,11);;/q;2*+1/p-2/b5-4+;;. The summed E-state index contributed by atoms with van der Waals surface area (Å²) in [6.45, 7) is 1.48. The van der Waals surface area contributed by atoms with E-state index in [1.54, 1.807) is 0 Å². The number of ether oxygens (including phenoxy) is 1. The van der Waals surface area contributed by atoms with E-state index in [0.717, 1.165) is 7.11 Å². The van der Waals surface area contributed by atoms with Gasteiger partial charge in [0.05, 0.1) is 13.1 Å². The van der Waals surface area contributed by atoms with Gasteiger partial charge < -0.3 is 24.5 Å². The molecule has 0 radical (unpaired) electrons. The van der Waals surface area contributed by atoms with Crippen LogP contribution in [-0.2, 0) is 14.3 Å². The Morgan fingerprint density at radius 2 is 1.57 bits per heavy atom. The molecule has 0 amide bonds. The molecule has 68 valence electrons. The molecule has 7 heteroatoms. The van der Waals surface area contributed by atoms with Gasteiger partial charge in [0.2, 0.25) is 0 Å². The first-order valence-electron chi connectivity index (χ1n) is 3.24. The Labute approximate surface area is 126 Å². The minimum atomic E-state index is -1.65. The number of aliphatic carboxylic acids is 2. The van der Waals surface area contributed by atoms with Crippen LogP contribution in [0.3, 0.4) is 0 Å². The van der Waals surface area contributed by atoms with Gasteiger partial charge in [0.25, 0.3) is 0 Å². The molecule has 0 aromatic heterocycles. The van der Waals surface area contributed by atoms with Crippen molar-refractivity contribution in [2.45, 2.75) is 13.3 Å². The quantitative estimate of drug-likeness (QED) is 0.265. The summed E-state index contributed by atoms with van der Waals surface area (Å²) in [5.74, 6) is -3.89. The van der Waals surface area contributed by atoms with Gasteiger partial charge in [-0.3, -0.25) is 0 Å². The molecular formula is C7H8Na2O5. The van der Waals surface area contributed by atoms with Gasteiger partial charge >= 0.3 is 59.1 Å². The van der Waals surface area contributed by atoms with Crippen LogP contribution in [0.2, 0.25) is 0 Å². The van der Waals surface area contributed by atoms with Gasteiger partial charge in [0.1, 0.15) is 11.7 Å². The monoisotopic (exact) mass is 218 g/mol. The number of hydrogen-bond donors (Lipinski definition) is 0. The smallest absolute Gasteiger partial charge is 0.545 e. The molecule has 0 spiro atoms. The van der Waals surface area contributed by atoms with Gasteiger partial charge in [0, 0.05) is 5.57 Å². The molecule has 0 unspecified atom stereocenters. The number of hydrogen-bond acceptors (Lipinski definition) is 5. The van der Waals surface area contributed by atoms with E-state index in [9.17, 15) is 19.8 Å². The predicted molar refractivity (Wildman–Crippen MR) is 34.3 cm³/mol. The van der Waals surface area contributed by atoms with E-state index >= 15 is 0 Å². The first-order chi connectivity index (χ1) is 5.54. The van der Waals surface area contributed by atoms with Gasteiger partial charge in [-0.1, -0.05) is 6.92 Å². The molecule has 0 N–H and O–H groups in total. The minimum absolute atomic E-state index is 0. The molecule has 0 saturated carbocycles. The van der Waals surface area contributed by atoms with E-state index in [-0.39, 0.29) is 65.5 Å². The maximum Gasteiger partial charge on any atom is 1.00 e. The molecule has 0 aliphatic carbocycles. The Morgan fingerprint density at radius 1 is 1.14 bits per heavy atom. The van der Waals surface area contributed by atoms with E-state index in [0.29, 0.717) is 0 Å². The molecule has 0 bridgehead atoms. The van der Waals surface area contributed by atoms with E-state index in [1.807, 2.05) is 0 Å². The average Bonchev–Trinajstić information content (AvgIpc) is 1.98. The van der Waals surface area contributed by atoms with Crippen LogP contribution in [-0.4, -0.2) is 19.0 Å². The van der Waals surface area contributed by atoms with Gasteiger partial charge in [-0.15, -0.1) is 0 Å². The maximum atomic E-state index is 10.3. The zero-order chi connectivity index (χ0) is 9.72. The average molecular weight is 218 g/mol. The Bertz CT molecular complexity index is 212. The molecule has 0 fully saturated rings. The summed E-state index contributed by atoms with van der Waals surface area (Å²) in [5.41, 5.74) is -0.405. The van der Waals surface area contributed by atoms with Crippen molar-refractivity contribution in [2.24, 2.45) is 0 Å². The fourth-order valence-corrected chi connectivity index (χ4v) is 0.727. The van der Waals surface area contributed by atoms with Crippen molar-refractivity contribution in [3.05, 3.63) is 11.3 Å². The molecule has 0 saturated heterocycles. The van der Waals surface area contributed by atoms with E-state index in [2.05, 4.69) is 4.74 Å². The van der Waals surface area contributed by atoms with Crippen molar-refractivity contribution < 1.29 is 83.7 Å². The van der Waals surface area contributed by atoms with Gasteiger partial charge in [0.15, 0.2) is 0 Å². The van der Waals surface area contributed by atoms with Crippen molar-refractivity contribution >= 4 is 11.9 Å². The maximum absolute atomic E-state index is 10.3. The summed E-state index contributed by atoms with van der Waals surface area (Å²) >= 11 is 0. The van der Waals surface area contributed by atoms with Crippen LogP contribution >= 0.6 is 0 Å². The summed E-state index contributed by atoms with van der Waals surface area (Å²) in [4.78, 5) is 20.5. The predicted octanol–water partition coefficient (Wildman–Crippen LogP) is -8.20. The summed E-state index contributed by atoms with van der Waals surface area (Å²) in [6.07, 6.45) is 0.0134. The number of carbonyl (C=O) groups excluding carboxylic acids is 2. The number of carboxylic acids is 2. The van der Waals surface area contributed by atoms with Gasteiger partial charge in [-0.05, 0) is 6.42 Å². The zero-order valence-corrected chi connectivity index (χ0v) is 12.7. The van der Waals surface area contributed by atoms with Crippen LogP contribution in [0.4, 0.5) is 0 Å². The number of carboxylic acid groups (broad SMARTS) is 2. The van der Waals surface area contributed by atoms with Crippen LogP contribution in [0, 0.1) is 0 Å². The second-order valence-electron chi connectivity index (χ2n) is 1.94. The zero-order valence-electron chi connectivity index (χ0n) is 8.75. The van der Waals surface area contributed by atoms with Crippen molar-refractivity contribution in [2.75, 3.05) is 7.11 Å². The summed E-state index contributed by atoms with van der Waals surface area (Å²) in [6, 6.07) is 0. The Hall–Kier alpha value is 0.480. The van der Waals surface area contributed by atoms with Crippen LogP contribution in [0.1, 0.15) is 13.3 Å². The van der Waals surface area contributed by atoms with Crippen molar-refractivity contribution in [1.82, 2.24) is 0 Å². The van der Waals surface area contributed by atoms with Crippen molar-refractivity contribution in [3.8, 4) is 0 Å².